The molecule has 1 fully saturated rings. The third-order valence-corrected chi connectivity index (χ3v) is 3.81. The lowest BCUT2D eigenvalue weighted by atomic mass is 9.92. The average Bonchev–Trinajstić information content (AvgIpc) is 2.86. The second-order valence-electron chi connectivity index (χ2n) is 4.87. The number of fused-ring (bicyclic) bond motifs is 1. The van der Waals surface area contributed by atoms with Crippen LogP contribution in [-0.2, 0) is 9.59 Å². The van der Waals surface area contributed by atoms with E-state index in [1.54, 1.807) is 4.90 Å². The topological polar surface area (TPSA) is 55.2 Å². The van der Waals surface area contributed by atoms with E-state index in [0.29, 0.717) is 5.92 Å². The molecular weight excluding hydrogens is 242 g/mol. The first-order chi connectivity index (χ1) is 9.33. The lowest BCUT2D eigenvalue weighted by Crippen LogP contribution is -2.31. The molecule has 1 amide bonds. The Morgan fingerprint density at radius 2 is 1.84 bits per heavy atom. The molecule has 0 spiro atoms. The molecule has 0 saturated carbocycles. The van der Waals surface area contributed by atoms with Crippen LogP contribution in [0.15, 0.2) is 24.3 Å². The third-order valence-electron chi connectivity index (χ3n) is 3.81. The molecule has 1 aromatic carbocycles. The van der Waals surface area contributed by atoms with Gasteiger partial charge in [0.25, 0.3) is 0 Å². The van der Waals surface area contributed by atoms with Gasteiger partial charge >= 0.3 is 0 Å². The summed E-state index contributed by atoms with van der Waals surface area (Å²) in [6.45, 7) is 1.52. The number of nitrogens with zero attached hydrogens (tertiary/aromatic N) is 3. The van der Waals surface area contributed by atoms with Gasteiger partial charge in [-0.1, -0.05) is 18.2 Å². The predicted octanol–water partition coefficient (Wildman–Crippen LogP) is 1.41. The maximum absolute atomic E-state index is 11.1. The van der Waals surface area contributed by atoms with Crippen molar-refractivity contribution < 1.29 is 9.59 Å². The standard InChI is InChI=1S/C14H15N3O2/c18-9-16-7-5-11(6-8-16)14-12-3-1-2-4-13(12)17(10-19)15-14/h1-4,9-11H,5-8H2. The number of hydrogen-bond donors (Lipinski definition) is 0. The minimum Gasteiger partial charge on any atom is -0.345 e. The SMILES string of the molecule is O=CN1CCC(c2nn(C=O)c3ccccc23)CC1. The number of likely N-dealkylation sites (tertiary alicyclic amines) is 1. The molecule has 2 aromatic rings. The molecule has 1 aliphatic heterocycles. The first-order valence-electron chi connectivity index (χ1n) is 6.45. The highest BCUT2D eigenvalue weighted by Crippen LogP contribution is 2.31. The van der Waals surface area contributed by atoms with Crippen molar-refractivity contribution >= 4 is 23.7 Å². The fourth-order valence-corrected chi connectivity index (χ4v) is 2.77. The molecule has 0 unspecified atom stereocenters. The first-order valence-corrected chi connectivity index (χ1v) is 6.45. The van der Waals surface area contributed by atoms with Gasteiger partial charge in [-0.05, 0) is 18.9 Å². The van der Waals surface area contributed by atoms with Gasteiger partial charge in [-0.25, -0.2) is 4.68 Å². The Kier molecular flexibility index (Phi) is 3.03. The van der Waals surface area contributed by atoms with Crippen LogP contribution in [-0.4, -0.2) is 40.6 Å². The Balaban J connectivity index is 1.97. The average molecular weight is 257 g/mol. The van der Waals surface area contributed by atoms with E-state index in [2.05, 4.69) is 5.10 Å². The van der Waals surface area contributed by atoms with E-state index in [1.165, 1.54) is 4.68 Å². The zero-order valence-corrected chi connectivity index (χ0v) is 10.5. The fraction of sp³-hybridized carbons (Fsp3) is 0.357. The molecule has 5 heteroatoms. The molecule has 1 saturated heterocycles. The number of hydrogen-bond acceptors (Lipinski definition) is 3. The molecule has 3 rings (SSSR count). The molecule has 0 N–H and O–H groups in total. The molecule has 1 aromatic heterocycles. The van der Waals surface area contributed by atoms with Crippen molar-refractivity contribution in [2.45, 2.75) is 18.8 Å². The number of piperidine rings is 1. The number of aromatic nitrogens is 2. The van der Waals surface area contributed by atoms with Crippen molar-refractivity contribution in [2.75, 3.05) is 13.1 Å². The zero-order chi connectivity index (χ0) is 13.2. The highest BCUT2D eigenvalue weighted by molar-refractivity contribution is 5.86. The summed E-state index contributed by atoms with van der Waals surface area (Å²) in [5, 5.41) is 5.46. The molecule has 2 heterocycles. The second-order valence-corrected chi connectivity index (χ2v) is 4.87. The van der Waals surface area contributed by atoms with Crippen LogP contribution in [0.5, 0.6) is 0 Å². The largest absolute Gasteiger partial charge is 0.345 e. The Labute approximate surface area is 110 Å². The molecule has 0 bridgehead atoms. The smallest absolute Gasteiger partial charge is 0.234 e. The van der Waals surface area contributed by atoms with Crippen molar-refractivity contribution in [1.29, 1.82) is 0 Å². The van der Waals surface area contributed by atoms with Crippen LogP contribution in [0, 0.1) is 0 Å². The quantitative estimate of drug-likeness (QED) is 0.781. The van der Waals surface area contributed by atoms with Crippen molar-refractivity contribution in [3.8, 4) is 0 Å². The van der Waals surface area contributed by atoms with Crippen LogP contribution in [0.25, 0.3) is 10.9 Å². The highest BCUT2D eigenvalue weighted by Gasteiger charge is 2.24. The summed E-state index contributed by atoms with van der Waals surface area (Å²) < 4.78 is 1.40. The van der Waals surface area contributed by atoms with Gasteiger partial charge in [0, 0.05) is 24.4 Å². The number of para-hydroxylation sites is 1. The summed E-state index contributed by atoms with van der Waals surface area (Å²) in [4.78, 5) is 23.6. The number of carbonyl (C=O) groups is 2. The summed E-state index contributed by atoms with van der Waals surface area (Å²) in [6.07, 6.45) is 3.45. The number of rotatable bonds is 3. The van der Waals surface area contributed by atoms with Crippen LogP contribution in [0.2, 0.25) is 0 Å². The molecule has 0 radical (unpaired) electrons. The molecule has 98 valence electrons. The lowest BCUT2D eigenvalue weighted by molar-refractivity contribution is -0.119. The van der Waals surface area contributed by atoms with Crippen molar-refractivity contribution in [1.82, 2.24) is 14.7 Å². The van der Waals surface area contributed by atoms with Crippen LogP contribution in [0.4, 0.5) is 0 Å². The summed E-state index contributed by atoms with van der Waals surface area (Å²) in [5.74, 6) is 0.322. The van der Waals surface area contributed by atoms with Gasteiger partial charge in [0.15, 0.2) is 0 Å². The van der Waals surface area contributed by atoms with Gasteiger partial charge in [-0.15, -0.1) is 0 Å². The predicted molar refractivity (Wildman–Crippen MR) is 71.5 cm³/mol. The minimum atomic E-state index is 0.322. The van der Waals surface area contributed by atoms with E-state index in [9.17, 15) is 9.59 Å². The number of carbonyl (C=O) groups excluding carboxylic acids is 2. The fourth-order valence-electron chi connectivity index (χ4n) is 2.77. The molecule has 0 aliphatic carbocycles. The van der Waals surface area contributed by atoms with Gasteiger partial charge in [-0.2, -0.15) is 5.10 Å². The summed E-state index contributed by atoms with van der Waals surface area (Å²) in [7, 11) is 0. The molecular formula is C14H15N3O2. The van der Waals surface area contributed by atoms with Gasteiger partial charge in [0.2, 0.25) is 12.8 Å². The zero-order valence-electron chi connectivity index (χ0n) is 10.5. The third kappa shape index (κ3) is 2.01. The van der Waals surface area contributed by atoms with Crippen LogP contribution in [0.1, 0.15) is 24.5 Å². The maximum Gasteiger partial charge on any atom is 0.234 e. The summed E-state index contributed by atoms with van der Waals surface area (Å²) in [5.41, 5.74) is 1.83. The van der Waals surface area contributed by atoms with E-state index >= 15 is 0 Å². The van der Waals surface area contributed by atoms with E-state index in [4.69, 9.17) is 0 Å². The summed E-state index contributed by atoms with van der Waals surface area (Å²) in [6, 6.07) is 7.77. The van der Waals surface area contributed by atoms with E-state index in [-0.39, 0.29) is 0 Å². The minimum absolute atomic E-state index is 0.322. The number of benzene rings is 1. The Hall–Kier alpha value is -2.17. The van der Waals surface area contributed by atoms with Gasteiger partial charge in [0.1, 0.15) is 0 Å². The Bertz CT molecular complexity index is 612. The summed E-state index contributed by atoms with van der Waals surface area (Å²) >= 11 is 0. The van der Waals surface area contributed by atoms with Crippen molar-refractivity contribution in [3.63, 3.8) is 0 Å². The van der Waals surface area contributed by atoms with Crippen molar-refractivity contribution in [3.05, 3.63) is 30.0 Å². The first kappa shape index (κ1) is 11.9. The van der Waals surface area contributed by atoms with Crippen LogP contribution >= 0.6 is 0 Å². The lowest BCUT2D eigenvalue weighted by Gasteiger charge is -2.28. The molecule has 5 nitrogen and oxygen atoms in total. The van der Waals surface area contributed by atoms with Gasteiger partial charge in [-0.3, -0.25) is 9.59 Å². The van der Waals surface area contributed by atoms with Crippen molar-refractivity contribution in [2.24, 2.45) is 0 Å². The number of amides is 1. The monoisotopic (exact) mass is 257 g/mol. The van der Waals surface area contributed by atoms with Gasteiger partial charge in [0.05, 0.1) is 11.2 Å². The molecule has 19 heavy (non-hydrogen) atoms. The van der Waals surface area contributed by atoms with Crippen LogP contribution < -0.4 is 0 Å². The molecule has 0 atom stereocenters. The van der Waals surface area contributed by atoms with Gasteiger partial charge < -0.3 is 4.90 Å². The maximum atomic E-state index is 11.1. The Morgan fingerprint density at radius 3 is 2.53 bits per heavy atom. The molecule has 1 aliphatic rings. The highest BCUT2D eigenvalue weighted by atomic mass is 16.1. The van der Waals surface area contributed by atoms with E-state index in [0.717, 1.165) is 55.3 Å². The normalized spacial score (nSPS) is 16.7. The second kappa shape index (κ2) is 4.84. The van der Waals surface area contributed by atoms with Crippen LogP contribution in [0.3, 0.4) is 0 Å². The van der Waals surface area contributed by atoms with E-state index < -0.39 is 0 Å². The Morgan fingerprint density at radius 1 is 1.11 bits per heavy atom. The van der Waals surface area contributed by atoms with E-state index in [1.807, 2.05) is 24.3 Å².